The van der Waals surface area contributed by atoms with Gasteiger partial charge in [0.05, 0.1) is 5.60 Å². The lowest BCUT2D eigenvalue weighted by atomic mass is 9.83. The Labute approximate surface area is 121 Å². The van der Waals surface area contributed by atoms with Gasteiger partial charge in [0.25, 0.3) is 0 Å². The second kappa shape index (κ2) is 7.41. The lowest BCUT2D eigenvalue weighted by molar-refractivity contribution is -0.0699. The van der Waals surface area contributed by atoms with Crippen LogP contribution in [0.3, 0.4) is 0 Å². The molecule has 0 amide bonds. The van der Waals surface area contributed by atoms with E-state index in [-0.39, 0.29) is 11.6 Å². The first-order valence-corrected chi connectivity index (χ1v) is 8.62. The molecule has 1 saturated carbocycles. The van der Waals surface area contributed by atoms with Crippen LogP contribution in [0.2, 0.25) is 0 Å². The van der Waals surface area contributed by atoms with Gasteiger partial charge in [-0.3, -0.25) is 0 Å². The standard InChI is InChI=1S/C16H27NOS/c1-2-18-16(10-5-3-4-6-11-16)15(17)8-7-14-9-12-19-13-14/h9,12-13,15H,2-8,10-11,17H2,1H3. The van der Waals surface area contributed by atoms with Crippen molar-refractivity contribution in [3.05, 3.63) is 22.4 Å². The molecule has 0 aromatic carbocycles. The molecule has 1 heterocycles. The molecule has 0 spiro atoms. The number of ether oxygens (including phenoxy) is 1. The summed E-state index contributed by atoms with van der Waals surface area (Å²) in [6, 6.07) is 2.38. The molecule has 19 heavy (non-hydrogen) atoms. The highest BCUT2D eigenvalue weighted by atomic mass is 32.1. The molecular formula is C16H27NOS. The zero-order valence-electron chi connectivity index (χ0n) is 12.1. The van der Waals surface area contributed by atoms with E-state index in [2.05, 4.69) is 23.8 Å². The van der Waals surface area contributed by atoms with Gasteiger partial charge in [0, 0.05) is 12.6 Å². The second-order valence-electron chi connectivity index (χ2n) is 5.69. The fourth-order valence-electron chi connectivity index (χ4n) is 3.26. The predicted octanol–water partition coefficient (Wildman–Crippen LogP) is 4.14. The largest absolute Gasteiger partial charge is 0.374 e. The Bertz CT molecular complexity index is 342. The van der Waals surface area contributed by atoms with E-state index in [4.69, 9.17) is 10.5 Å². The van der Waals surface area contributed by atoms with Gasteiger partial charge >= 0.3 is 0 Å². The zero-order chi connectivity index (χ0) is 13.6. The zero-order valence-corrected chi connectivity index (χ0v) is 12.9. The molecule has 2 nitrogen and oxygen atoms in total. The molecule has 1 unspecified atom stereocenters. The van der Waals surface area contributed by atoms with Crippen LogP contribution < -0.4 is 5.73 Å². The van der Waals surface area contributed by atoms with Gasteiger partial charge in [-0.05, 0) is 55.0 Å². The summed E-state index contributed by atoms with van der Waals surface area (Å²) in [5.41, 5.74) is 7.90. The number of aryl methyl sites for hydroxylation is 1. The number of hydrogen-bond donors (Lipinski definition) is 1. The van der Waals surface area contributed by atoms with Crippen molar-refractivity contribution in [2.75, 3.05) is 6.61 Å². The Hall–Kier alpha value is -0.380. The summed E-state index contributed by atoms with van der Waals surface area (Å²) in [6.07, 6.45) is 9.63. The van der Waals surface area contributed by atoms with Crippen LogP contribution in [0.25, 0.3) is 0 Å². The highest BCUT2D eigenvalue weighted by Gasteiger charge is 2.37. The Morgan fingerprint density at radius 1 is 1.32 bits per heavy atom. The minimum Gasteiger partial charge on any atom is -0.374 e. The molecule has 3 heteroatoms. The molecule has 1 fully saturated rings. The molecule has 1 aliphatic rings. The Morgan fingerprint density at radius 3 is 2.63 bits per heavy atom. The van der Waals surface area contributed by atoms with Crippen LogP contribution >= 0.6 is 11.3 Å². The maximum Gasteiger partial charge on any atom is 0.0832 e. The van der Waals surface area contributed by atoms with E-state index in [9.17, 15) is 0 Å². The molecule has 1 aliphatic carbocycles. The van der Waals surface area contributed by atoms with Gasteiger partial charge in [-0.2, -0.15) is 11.3 Å². The van der Waals surface area contributed by atoms with E-state index in [0.717, 1.165) is 32.3 Å². The fraction of sp³-hybridized carbons (Fsp3) is 0.750. The Morgan fingerprint density at radius 2 is 2.05 bits per heavy atom. The van der Waals surface area contributed by atoms with Crippen molar-refractivity contribution in [3.8, 4) is 0 Å². The van der Waals surface area contributed by atoms with Crippen LogP contribution in [0.5, 0.6) is 0 Å². The monoisotopic (exact) mass is 281 g/mol. The highest BCUT2D eigenvalue weighted by molar-refractivity contribution is 7.07. The summed E-state index contributed by atoms with van der Waals surface area (Å²) < 4.78 is 6.16. The maximum atomic E-state index is 6.53. The average Bonchev–Trinajstić information content (AvgIpc) is 2.82. The van der Waals surface area contributed by atoms with Crippen molar-refractivity contribution >= 4 is 11.3 Å². The van der Waals surface area contributed by atoms with E-state index in [1.165, 1.54) is 31.2 Å². The first kappa shape index (κ1) is 15.0. The second-order valence-corrected chi connectivity index (χ2v) is 6.47. The van der Waals surface area contributed by atoms with Crippen LogP contribution in [0.4, 0.5) is 0 Å². The minimum absolute atomic E-state index is 0.0543. The van der Waals surface area contributed by atoms with Gasteiger partial charge in [0.1, 0.15) is 0 Å². The third-order valence-corrected chi connectivity index (χ3v) is 5.11. The first-order chi connectivity index (χ1) is 9.27. The van der Waals surface area contributed by atoms with Crippen molar-refractivity contribution in [2.45, 2.75) is 69.9 Å². The molecule has 1 aromatic rings. The molecular weight excluding hydrogens is 254 g/mol. The SMILES string of the molecule is CCOC1(C(N)CCc2ccsc2)CCCCCC1. The molecule has 1 aromatic heterocycles. The lowest BCUT2D eigenvalue weighted by Crippen LogP contribution is -2.50. The summed E-state index contributed by atoms with van der Waals surface area (Å²) in [7, 11) is 0. The molecule has 108 valence electrons. The van der Waals surface area contributed by atoms with Gasteiger partial charge in [-0.15, -0.1) is 0 Å². The van der Waals surface area contributed by atoms with E-state index >= 15 is 0 Å². The van der Waals surface area contributed by atoms with Crippen LogP contribution in [-0.4, -0.2) is 18.2 Å². The number of hydrogen-bond acceptors (Lipinski definition) is 3. The van der Waals surface area contributed by atoms with Crippen LogP contribution in [0.1, 0.15) is 57.4 Å². The van der Waals surface area contributed by atoms with Crippen molar-refractivity contribution < 1.29 is 4.74 Å². The molecule has 0 saturated heterocycles. The Kier molecular flexibility index (Phi) is 5.86. The van der Waals surface area contributed by atoms with Crippen LogP contribution in [-0.2, 0) is 11.2 Å². The number of thiophene rings is 1. The topological polar surface area (TPSA) is 35.2 Å². The van der Waals surface area contributed by atoms with Crippen LogP contribution in [0.15, 0.2) is 16.8 Å². The third kappa shape index (κ3) is 4.04. The third-order valence-electron chi connectivity index (χ3n) is 4.38. The molecule has 0 bridgehead atoms. The van der Waals surface area contributed by atoms with Crippen molar-refractivity contribution in [1.82, 2.24) is 0 Å². The lowest BCUT2D eigenvalue weighted by Gasteiger charge is -2.38. The van der Waals surface area contributed by atoms with E-state index in [0.29, 0.717) is 0 Å². The number of nitrogens with two attached hydrogens (primary N) is 1. The summed E-state index contributed by atoms with van der Waals surface area (Å²) in [5, 5.41) is 4.37. The fourth-order valence-corrected chi connectivity index (χ4v) is 3.96. The van der Waals surface area contributed by atoms with Gasteiger partial charge in [-0.1, -0.05) is 25.7 Å². The van der Waals surface area contributed by atoms with Crippen LogP contribution in [0, 0.1) is 0 Å². The molecule has 2 N–H and O–H groups in total. The van der Waals surface area contributed by atoms with E-state index in [1.54, 1.807) is 11.3 Å². The van der Waals surface area contributed by atoms with Crippen molar-refractivity contribution in [3.63, 3.8) is 0 Å². The quantitative estimate of drug-likeness (QED) is 0.795. The Balaban J connectivity index is 1.96. The summed E-state index contributed by atoms with van der Waals surface area (Å²) in [6.45, 7) is 2.88. The summed E-state index contributed by atoms with van der Waals surface area (Å²) >= 11 is 1.77. The summed E-state index contributed by atoms with van der Waals surface area (Å²) in [5.74, 6) is 0. The van der Waals surface area contributed by atoms with Gasteiger partial charge < -0.3 is 10.5 Å². The molecule has 1 atom stereocenters. The minimum atomic E-state index is -0.0543. The normalized spacial score (nSPS) is 20.9. The van der Waals surface area contributed by atoms with Crippen molar-refractivity contribution in [2.24, 2.45) is 5.73 Å². The highest BCUT2D eigenvalue weighted by Crippen LogP contribution is 2.34. The van der Waals surface area contributed by atoms with Crippen molar-refractivity contribution in [1.29, 1.82) is 0 Å². The maximum absolute atomic E-state index is 6.53. The number of rotatable bonds is 6. The smallest absolute Gasteiger partial charge is 0.0832 e. The first-order valence-electron chi connectivity index (χ1n) is 7.67. The molecule has 0 aliphatic heterocycles. The van der Waals surface area contributed by atoms with Gasteiger partial charge in [0.15, 0.2) is 0 Å². The van der Waals surface area contributed by atoms with E-state index in [1.807, 2.05) is 0 Å². The van der Waals surface area contributed by atoms with Gasteiger partial charge in [0.2, 0.25) is 0 Å². The molecule has 0 radical (unpaired) electrons. The van der Waals surface area contributed by atoms with E-state index < -0.39 is 0 Å². The predicted molar refractivity (Wildman–Crippen MR) is 82.7 cm³/mol. The molecule has 2 rings (SSSR count). The van der Waals surface area contributed by atoms with Gasteiger partial charge in [-0.25, -0.2) is 0 Å². The average molecular weight is 281 g/mol. The summed E-state index contributed by atoms with van der Waals surface area (Å²) in [4.78, 5) is 0.